The van der Waals surface area contributed by atoms with Crippen LogP contribution < -0.4 is 16.5 Å². The van der Waals surface area contributed by atoms with E-state index >= 15 is 0 Å². The molecule has 1 aliphatic heterocycles. The van der Waals surface area contributed by atoms with Crippen LogP contribution >= 0.6 is 15.9 Å². The van der Waals surface area contributed by atoms with Crippen LogP contribution in [0.25, 0.3) is 11.3 Å². The van der Waals surface area contributed by atoms with Crippen LogP contribution in [0.1, 0.15) is 59.1 Å². The van der Waals surface area contributed by atoms with Crippen molar-refractivity contribution in [2.75, 3.05) is 7.05 Å². The number of aromatic nitrogens is 3. The first-order valence-electron chi connectivity index (χ1n) is 14.0. The van der Waals surface area contributed by atoms with Gasteiger partial charge < -0.3 is 10.2 Å². The molecule has 4 aromatic rings. The third-order valence-corrected chi connectivity index (χ3v) is 8.14. The summed E-state index contributed by atoms with van der Waals surface area (Å²) < 4.78 is 40.0. The molecule has 8 nitrogen and oxygen atoms in total. The Hall–Kier alpha value is -3.87. The maximum atomic E-state index is 13.8. The predicted molar refractivity (Wildman–Crippen MR) is 167 cm³/mol. The second-order valence-corrected chi connectivity index (χ2v) is 12.1. The Morgan fingerprint density at radius 2 is 1.86 bits per heavy atom. The molecule has 0 fully saturated rings. The van der Waals surface area contributed by atoms with Gasteiger partial charge in [0.25, 0.3) is 11.5 Å². The molecule has 1 atom stereocenters. The molecule has 44 heavy (non-hydrogen) atoms. The molecule has 2 radical (unpaired) electrons. The number of nitrogens with zero attached hydrogens (tertiary/aromatic N) is 4. The Bertz CT molecular complexity index is 1770. The van der Waals surface area contributed by atoms with Gasteiger partial charge in [-0.05, 0) is 69.0 Å². The van der Waals surface area contributed by atoms with Gasteiger partial charge in [-0.25, -0.2) is 4.52 Å². The van der Waals surface area contributed by atoms with E-state index in [1.807, 2.05) is 6.92 Å². The number of amides is 2. The summed E-state index contributed by atoms with van der Waals surface area (Å²) in [5.74, 6) is 0.100. The van der Waals surface area contributed by atoms with Crippen molar-refractivity contribution in [2.45, 2.75) is 59.3 Å². The molecule has 13 heteroatoms. The quantitative estimate of drug-likeness (QED) is 0.250. The van der Waals surface area contributed by atoms with E-state index in [1.54, 1.807) is 58.3 Å². The molecule has 5 rings (SSSR count). The molecule has 1 unspecified atom stereocenters. The fourth-order valence-corrected chi connectivity index (χ4v) is 5.69. The standard InChI is InChI=1S/C23H26BN5O3.C8H6BrF3/c1-13(2)9-18-20(24)26-29-19-11-27(12-30)14(3)10-17(19)23(32)28(22(18)29)16-7-5-15(6-8-16)21(31)25-4;1-5-2-3-7(9)6(4-5)8(10,11)12/h5-8,12-14H,9-11H2,1-4H3,(H,25,31);2-4H,1H3. The third kappa shape index (κ3) is 6.62. The smallest absolute Gasteiger partial charge is 0.355 e. The number of alkyl halides is 3. The number of hydrogen-bond acceptors (Lipinski definition) is 4. The number of halogens is 4. The van der Waals surface area contributed by atoms with Gasteiger partial charge in [0.1, 0.15) is 13.5 Å². The van der Waals surface area contributed by atoms with Crippen LogP contribution in [0.5, 0.6) is 0 Å². The largest absolute Gasteiger partial charge is 0.417 e. The van der Waals surface area contributed by atoms with Gasteiger partial charge >= 0.3 is 6.18 Å². The number of nitrogens with one attached hydrogen (secondary N) is 1. The summed E-state index contributed by atoms with van der Waals surface area (Å²) in [6.45, 7) is 8.01. The van der Waals surface area contributed by atoms with Crippen molar-refractivity contribution in [2.24, 2.45) is 5.92 Å². The molecule has 0 bridgehead atoms. The fraction of sp³-hybridized carbons (Fsp3) is 0.355. The van der Waals surface area contributed by atoms with E-state index in [0.29, 0.717) is 64.6 Å². The summed E-state index contributed by atoms with van der Waals surface area (Å²) >= 11 is 2.85. The average molecular weight is 670 g/mol. The Labute approximate surface area is 262 Å². The number of carbonyl (C=O) groups is 2. The van der Waals surface area contributed by atoms with E-state index in [4.69, 9.17) is 7.85 Å². The zero-order chi connectivity index (χ0) is 32.5. The summed E-state index contributed by atoms with van der Waals surface area (Å²) in [4.78, 5) is 39.0. The second kappa shape index (κ2) is 13.0. The highest BCUT2D eigenvalue weighted by molar-refractivity contribution is 9.10. The van der Waals surface area contributed by atoms with Crippen LogP contribution in [0.3, 0.4) is 0 Å². The molecule has 0 saturated heterocycles. The lowest BCUT2D eigenvalue weighted by atomic mass is 9.93. The maximum absolute atomic E-state index is 13.8. The zero-order valence-corrected chi connectivity index (χ0v) is 26.6. The summed E-state index contributed by atoms with van der Waals surface area (Å²) in [6.07, 6.45) is -2.38. The van der Waals surface area contributed by atoms with E-state index in [1.165, 1.54) is 6.07 Å². The molecular formula is C31H32BBrF3N5O3. The van der Waals surface area contributed by atoms with Crippen LogP contribution in [0.2, 0.25) is 0 Å². The highest BCUT2D eigenvalue weighted by Crippen LogP contribution is 2.35. The van der Waals surface area contributed by atoms with Gasteiger partial charge in [0.15, 0.2) is 0 Å². The molecule has 1 aliphatic rings. The van der Waals surface area contributed by atoms with Crippen LogP contribution in [0, 0.1) is 12.8 Å². The topological polar surface area (TPSA) is 88.7 Å². The Kier molecular flexibility index (Phi) is 9.77. The monoisotopic (exact) mass is 669 g/mol. The molecule has 0 saturated carbocycles. The minimum atomic E-state index is -4.27. The number of carbonyl (C=O) groups excluding carboxylic acids is 2. The van der Waals surface area contributed by atoms with Gasteiger partial charge in [-0.3, -0.25) is 19.0 Å². The van der Waals surface area contributed by atoms with Crippen LogP contribution in [-0.2, 0) is 30.4 Å². The number of hydrogen-bond donors (Lipinski definition) is 1. The average Bonchev–Trinajstić information content (AvgIpc) is 3.28. The van der Waals surface area contributed by atoms with E-state index in [9.17, 15) is 27.6 Å². The highest BCUT2D eigenvalue weighted by Gasteiger charge is 2.33. The molecule has 0 aliphatic carbocycles. The van der Waals surface area contributed by atoms with Gasteiger partial charge in [-0.15, -0.1) is 0 Å². The highest BCUT2D eigenvalue weighted by atomic mass is 79.9. The Morgan fingerprint density at radius 3 is 2.41 bits per heavy atom. The van der Waals surface area contributed by atoms with Crippen molar-refractivity contribution < 1.29 is 22.8 Å². The number of rotatable bonds is 5. The molecule has 2 amide bonds. The summed E-state index contributed by atoms with van der Waals surface area (Å²) in [7, 11) is 7.90. The Balaban J connectivity index is 0.000000309. The van der Waals surface area contributed by atoms with Crippen molar-refractivity contribution in [1.29, 1.82) is 0 Å². The molecule has 3 heterocycles. The molecule has 0 spiro atoms. The lowest BCUT2D eigenvalue weighted by molar-refractivity contribution is -0.138. The first-order valence-corrected chi connectivity index (χ1v) is 14.8. The molecule has 230 valence electrons. The van der Waals surface area contributed by atoms with Crippen LogP contribution in [0.15, 0.2) is 51.7 Å². The molecular weight excluding hydrogens is 638 g/mol. The van der Waals surface area contributed by atoms with Gasteiger partial charge in [0, 0.05) is 39.8 Å². The van der Waals surface area contributed by atoms with Gasteiger partial charge in [0.2, 0.25) is 6.41 Å². The summed E-state index contributed by atoms with van der Waals surface area (Å²) in [6, 6.07) is 10.9. The van der Waals surface area contributed by atoms with Crippen LogP contribution in [-0.4, -0.2) is 52.3 Å². The van der Waals surface area contributed by atoms with E-state index in [0.717, 1.165) is 18.0 Å². The SMILES string of the molecule is Cc1ccc(Br)c(C(F)(F)F)c1.[B]c1nn2c3c(c(=O)n(-c4ccc(C(=O)NC)cc4)c2c1CC(C)C)CC(C)N(C=O)C3. The van der Waals surface area contributed by atoms with Gasteiger partial charge in [-0.1, -0.05) is 41.4 Å². The van der Waals surface area contributed by atoms with Crippen LogP contribution in [0.4, 0.5) is 13.2 Å². The second-order valence-electron chi connectivity index (χ2n) is 11.2. The first-order chi connectivity index (χ1) is 20.7. The summed E-state index contributed by atoms with van der Waals surface area (Å²) in [5.41, 5.74) is 4.05. The van der Waals surface area contributed by atoms with Gasteiger partial charge in [-0.2, -0.15) is 18.3 Å². The number of benzene rings is 2. The predicted octanol–water partition coefficient (Wildman–Crippen LogP) is 4.52. The van der Waals surface area contributed by atoms with Crippen molar-refractivity contribution >= 4 is 47.3 Å². The Morgan fingerprint density at radius 1 is 1.20 bits per heavy atom. The van der Waals surface area contributed by atoms with E-state index in [-0.39, 0.29) is 22.0 Å². The van der Waals surface area contributed by atoms with Crippen molar-refractivity contribution in [3.05, 3.63) is 90.8 Å². The number of aryl methyl sites for hydroxylation is 1. The van der Waals surface area contributed by atoms with E-state index < -0.39 is 11.7 Å². The molecule has 1 N–H and O–H groups in total. The lowest BCUT2D eigenvalue weighted by Gasteiger charge is -2.32. The van der Waals surface area contributed by atoms with Gasteiger partial charge in [0.05, 0.1) is 23.5 Å². The van der Waals surface area contributed by atoms with Crippen molar-refractivity contribution in [3.8, 4) is 5.69 Å². The lowest BCUT2D eigenvalue weighted by Crippen LogP contribution is -2.42. The minimum Gasteiger partial charge on any atom is -0.355 e. The fourth-order valence-electron chi connectivity index (χ4n) is 5.21. The normalized spacial score (nSPS) is 14.7. The third-order valence-electron chi connectivity index (χ3n) is 7.45. The first kappa shape index (κ1) is 33.0. The summed E-state index contributed by atoms with van der Waals surface area (Å²) in [5, 5.41) is 7.19. The maximum Gasteiger partial charge on any atom is 0.417 e. The molecule has 2 aromatic carbocycles. The molecule has 2 aromatic heterocycles. The van der Waals surface area contributed by atoms with Crippen molar-refractivity contribution in [3.63, 3.8) is 0 Å². The van der Waals surface area contributed by atoms with E-state index in [2.05, 4.69) is 40.2 Å². The minimum absolute atomic E-state index is 0.0839. The van der Waals surface area contributed by atoms with Crippen molar-refractivity contribution in [1.82, 2.24) is 24.4 Å². The zero-order valence-electron chi connectivity index (χ0n) is 25.0. The number of fused-ring (bicyclic) bond motifs is 3.